The van der Waals surface area contributed by atoms with E-state index >= 15 is 0 Å². The van der Waals surface area contributed by atoms with Crippen LogP contribution in [0.3, 0.4) is 0 Å². The van der Waals surface area contributed by atoms with Gasteiger partial charge in [-0.25, -0.2) is 0 Å². The lowest BCUT2D eigenvalue weighted by Gasteiger charge is -2.36. The van der Waals surface area contributed by atoms with E-state index in [0.717, 1.165) is 0 Å². The van der Waals surface area contributed by atoms with Gasteiger partial charge in [-0.05, 0) is 6.42 Å². The Bertz CT molecular complexity index is 156. The molecule has 82 valence electrons. The second-order valence-electron chi connectivity index (χ2n) is 4.90. The van der Waals surface area contributed by atoms with E-state index in [1.165, 1.54) is 65.2 Å². The van der Waals surface area contributed by atoms with Crippen LogP contribution in [0.1, 0.15) is 19.3 Å². The maximum absolute atomic E-state index is 2.63. The molecule has 2 rings (SSSR count). The molecule has 3 heteroatoms. The van der Waals surface area contributed by atoms with Crippen molar-refractivity contribution in [1.82, 2.24) is 9.80 Å². The molecular weight excluding hydrogens is 174 g/mol. The topological polar surface area (TPSA) is 10.9 Å². The van der Waals surface area contributed by atoms with E-state index in [2.05, 4.69) is 16.8 Å². The first kappa shape index (κ1) is 10.4. The molecule has 0 spiro atoms. The molecule has 1 N–H and O–H groups in total. The fourth-order valence-corrected chi connectivity index (χ4v) is 2.64. The van der Waals surface area contributed by atoms with Gasteiger partial charge >= 0.3 is 0 Å². The van der Waals surface area contributed by atoms with Crippen molar-refractivity contribution in [3.05, 3.63) is 0 Å². The van der Waals surface area contributed by atoms with Gasteiger partial charge in [-0.15, -0.1) is 0 Å². The fraction of sp³-hybridized carbons (Fsp3) is 1.00. The molecule has 3 nitrogen and oxygen atoms in total. The van der Waals surface area contributed by atoms with Gasteiger partial charge in [0, 0.05) is 39.0 Å². The van der Waals surface area contributed by atoms with E-state index in [-0.39, 0.29) is 0 Å². The number of hydrogen-bond acceptors (Lipinski definition) is 2. The summed E-state index contributed by atoms with van der Waals surface area (Å²) in [6.07, 6.45) is 4.13. The zero-order valence-corrected chi connectivity index (χ0v) is 9.47. The highest BCUT2D eigenvalue weighted by atomic mass is 15.3. The third kappa shape index (κ3) is 2.94. The van der Waals surface area contributed by atoms with Gasteiger partial charge in [0.1, 0.15) is 0 Å². The van der Waals surface area contributed by atoms with Crippen LogP contribution in [0.4, 0.5) is 0 Å². The summed E-state index contributed by atoms with van der Waals surface area (Å²) in [5, 5.41) is 0. The summed E-state index contributed by atoms with van der Waals surface area (Å²) >= 11 is 0. The van der Waals surface area contributed by atoms with Crippen molar-refractivity contribution in [1.29, 1.82) is 0 Å². The van der Waals surface area contributed by atoms with Crippen molar-refractivity contribution in [2.45, 2.75) is 19.3 Å². The van der Waals surface area contributed by atoms with Crippen LogP contribution in [0, 0.1) is 0 Å². The van der Waals surface area contributed by atoms with E-state index in [1.54, 1.807) is 4.90 Å². The standard InChI is InChI=1S/C11H23N3/c1-12-5-2-7-13-9-4-10-14(11-13)8-3-6-12/h2-11H2,1H3/p+1. The van der Waals surface area contributed by atoms with Gasteiger partial charge in [0.05, 0.1) is 26.8 Å². The highest BCUT2D eigenvalue weighted by Gasteiger charge is 2.18. The highest BCUT2D eigenvalue weighted by molar-refractivity contribution is 4.68. The Morgan fingerprint density at radius 1 is 0.786 bits per heavy atom. The SMILES string of the molecule is C[NH+]1CCCN2CCCN(CCC1)C2. The lowest BCUT2D eigenvalue weighted by molar-refractivity contribution is -0.880. The van der Waals surface area contributed by atoms with Gasteiger partial charge in [0.15, 0.2) is 0 Å². The smallest absolute Gasteiger partial charge is 0.0781 e. The number of nitrogens with zero attached hydrogens (tertiary/aromatic N) is 2. The zero-order chi connectivity index (χ0) is 9.80. The zero-order valence-electron chi connectivity index (χ0n) is 9.47. The van der Waals surface area contributed by atoms with Crippen LogP contribution in [0.25, 0.3) is 0 Å². The summed E-state index contributed by atoms with van der Waals surface area (Å²) in [7, 11) is 2.34. The van der Waals surface area contributed by atoms with Crippen molar-refractivity contribution in [2.24, 2.45) is 0 Å². The molecule has 2 unspecified atom stereocenters. The number of hydrogen-bond donors (Lipinski definition) is 1. The lowest BCUT2D eigenvalue weighted by Crippen LogP contribution is -3.09. The van der Waals surface area contributed by atoms with E-state index < -0.39 is 0 Å². The molecule has 14 heavy (non-hydrogen) atoms. The first-order valence-corrected chi connectivity index (χ1v) is 6.10. The van der Waals surface area contributed by atoms with Crippen LogP contribution in [0.2, 0.25) is 0 Å². The summed E-state index contributed by atoms with van der Waals surface area (Å²) < 4.78 is 0. The Morgan fingerprint density at radius 3 is 1.86 bits per heavy atom. The Balaban J connectivity index is 1.86. The maximum Gasteiger partial charge on any atom is 0.0781 e. The van der Waals surface area contributed by atoms with Gasteiger partial charge in [-0.1, -0.05) is 0 Å². The predicted molar refractivity (Wildman–Crippen MR) is 58.5 cm³/mol. The van der Waals surface area contributed by atoms with Gasteiger partial charge in [-0.2, -0.15) is 0 Å². The fourth-order valence-electron chi connectivity index (χ4n) is 2.64. The van der Waals surface area contributed by atoms with Gasteiger partial charge in [0.2, 0.25) is 0 Å². The minimum atomic E-state index is 1.24. The number of rotatable bonds is 0. The normalized spacial score (nSPS) is 40.5. The second kappa shape index (κ2) is 5.10. The monoisotopic (exact) mass is 198 g/mol. The van der Waals surface area contributed by atoms with Crippen molar-refractivity contribution >= 4 is 0 Å². The molecule has 2 aliphatic heterocycles. The number of fused-ring (bicyclic) bond motifs is 2. The molecular formula is C11H24N3+. The van der Waals surface area contributed by atoms with Crippen molar-refractivity contribution in [2.75, 3.05) is 53.0 Å². The van der Waals surface area contributed by atoms with Crippen LogP contribution >= 0.6 is 0 Å². The third-order valence-corrected chi connectivity index (χ3v) is 3.50. The lowest BCUT2D eigenvalue weighted by atomic mass is 10.2. The van der Waals surface area contributed by atoms with Gasteiger partial charge < -0.3 is 4.90 Å². The molecule has 2 aliphatic rings. The number of nitrogens with one attached hydrogen (secondary N) is 1. The van der Waals surface area contributed by atoms with Crippen molar-refractivity contribution in [3.63, 3.8) is 0 Å². The molecule has 0 radical (unpaired) electrons. The Morgan fingerprint density at radius 2 is 1.29 bits per heavy atom. The van der Waals surface area contributed by atoms with E-state index in [9.17, 15) is 0 Å². The van der Waals surface area contributed by atoms with E-state index in [0.29, 0.717) is 0 Å². The first-order valence-electron chi connectivity index (χ1n) is 6.10. The number of quaternary nitrogens is 1. The predicted octanol–water partition coefficient (Wildman–Crippen LogP) is -0.740. The van der Waals surface area contributed by atoms with Crippen molar-refractivity contribution in [3.8, 4) is 0 Å². The molecule has 2 saturated heterocycles. The van der Waals surface area contributed by atoms with Gasteiger partial charge in [0.25, 0.3) is 0 Å². The molecule has 0 aromatic rings. The molecule has 0 aromatic heterocycles. The minimum Gasteiger partial charge on any atom is -0.337 e. The maximum atomic E-state index is 2.63. The van der Waals surface area contributed by atoms with E-state index in [1.807, 2.05) is 0 Å². The highest BCUT2D eigenvalue weighted by Crippen LogP contribution is 2.06. The quantitative estimate of drug-likeness (QED) is 0.550. The summed E-state index contributed by atoms with van der Waals surface area (Å²) in [6.45, 7) is 9.23. The average Bonchev–Trinajstić information content (AvgIpc) is 2.18. The molecule has 0 amide bonds. The molecule has 0 aromatic carbocycles. The van der Waals surface area contributed by atoms with Crippen LogP contribution in [-0.4, -0.2) is 62.8 Å². The average molecular weight is 198 g/mol. The van der Waals surface area contributed by atoms with E-state index in [4.69, 9.17) is 0 Å². The van der Waals surface area contributed by atoms with Crippen LogP contribution in [-0.2, 0) is 0 Å². The van der Waals surface area contributed by atoms with Gasteiger partial charge in [-0.3, -0.25) is 9.80 Å². The summed E-state index contributed by atoms with van der Waals surface area (Å²) in [5.41, 5.74) is 0. The van der Waals surface area contributed by atoms with Crippen molar-refractivity contribution < 1.29 is 4.90 Å². The summed E-state index contributed by atoms with van der Waals surface area (Å²) in [4.78, 5) is 6.97. The second-order valence-corrected chi connectivity index (χ2v) is 4.90. The van der Waals surface area contributed by atoms with Crippen LogP contribution in [0.15, 0.2) is 0 Å². The molecule has 0 saturated carbocycles. The first-order chi connectivity index (χ1) is 6.84. The Kier molecular flexibility index (Phi) is 3.79. The largest absolute Gasteiger partial charge is 0.337 e. The molecule has 2 fully saturated rings. The molecule has 0 aliphatic carbocycles. The third-order valence-electron chi connectivity index (χ3n) is 3.50. The minimum absolute atomic E-state index is 1.24. The Hall–Kier alpha value is -0.120. The van der Waals surface area contributed by atoms with Crippen LogP contribution < -0.4 is 4.90 Å². The molecule has 2 heterocycles. The Labute approximate surface area is 87.7 Å². The molecule has 2 bridgehead atoms. The summed E-state index contributed by atoms with van der Waals surface area (Å²) in [5.74, 6) is 0. The van der Waals surface area contributed by atoms with Crippen LogP contribution in [0.5, 0.6) is 0 Å². The summed E-state index contributed by atoms with van der Waals surface area (Å²) in [6, 6.07) is 0. The molecule has 2 atom stereocenters.